The molecule has 0 bridgehead atoms. The fourth-order valence-corrected chi connectivity index (χ4v) is 11.4. The molecule has 4 aliphatic heterocycles. The highest BCUT2D eigenvalue weighted by Gasteiger charge is 2.45. The molecule has 364 valence electrons. The third-order valence-electron chi connectivity index (χ3n) is 14.7. The van der Waals surface area contributed by atoms with Crippen LogP contribution in [0.1, 0.15) is 80.3 Å². The standard InChI is InChI=1S/C52H53ClF2N8O7/c1-29-45(30(2)58(3)57-29)46-39(53)12-11-36-35(7-5-25-70-43-8-4-6-31-26-32(54)9-10-34(31)43)48(52(68)69)62(47(36)46)24-21-59-19-22-60(23-20-59)33-15-17-61(18-16-33)42-28-38-37(27-40(42)55)50(66)63(51(38)67)41-13-14-44(64)56-49(41)65/h4,6,8-12,26-28,33,41H,5,7,13-25H2,1-3H3,(H,68,69)(H,56,64,65). The van der Waals surface area contributed by atoms with Gasteiger partial charge in [0.15, 0.2) is 0 Å². The number of aromatic nitrogens is 3. The van der Waals surface area contributed by atoms with Gasteiger partial charge < -0.3 is 19.3 Å². The van der Waals surface area contributed by atoms with Gasteiger partial charge in [0.25, 0.3) is 11.8 Å². The molecule has 0 aliphatic carbocycles. The normalized spacial score (nSPS) is 18.4. The summed E-state index contributed by atoms with van der Waals surface area (Å²) in [6.07, 6.45) is 2.48. The Balaban J connectivity index is 0.821. The monoisotopic (exact) mass is 974 g/mol. The van der Waals surface area contributed by atoms with Crippen molar-refractivity contribution in [1.29, 1.82) is 0 Å². The predicted molar refractivity (Wildman–Crippen MR) is 260 cm³/mol. The van der Waals surface area contributed by atoms with E-state index >= 15 is 4.39 Å². The molecule has 2 aromatic heterocycles. The topological polar surface area (TPSA) is 163 Å². The van der Waals surface area contributed by atoms with Crippen LogP contribution in [0.2, 0.25) is 5.02 Å². The maximum Gasteiger partial charge on any atom is 0.352 e. The van der Waals surface area contributed by atoms with Crippen LogP contribution in [0.15, 0.2) is 60.7 Å². The zero-order valence-electron chi connectivity index (χ0n) is 39.2. The maximum atomic E-state index is 15.7. The molecule has 1 atom stereocenters. The van der Waals surface area contributed by atoms with Gasteiger partial charge >= 0.3 is 5.97 Å². The van der Waals surface area contributed by atoms with Gasteiger partial charge in [0, 0.05) is 99.5 Å². The predicted octanol–water partition coefficient (Wildman–Crippen LogP) is 7.14. The number of benzene rings is 4. The van der Waals surface area contributed by atoms with E-state index in [1.54, 1.807) is 6.07 Å². The number of hydrogen-bond acceptors (Lipinski definition) is 10. The van der Waals surface area contributed by atoms with E-state index in [1.807, 2.05) is 65.4 Å². The highest BCUT2D eigenvalue weighted by Crippen LogP contribution is 2.42. The lowest BCUT2D eigenvalue weighted by atomic mass is 9.98. The molecule has 4 aliphatic rings. The summed E-state index contributed by atoms with van der Waals surface area (Å²) in [5, 5.41) is 20.7. The first-order valence-corrected chi connectivity index (χ1v) is 24.2. The fourth-order valence-electron chi connectivity index (χ4n) is 11.2. The Hall–Kier alpha value is -6.69. The second-order valence-corrected chi connectivity index (χ2v) is 19.1. The van der Waals surface area contributed by atoms with E-state index in [-0.39, 0.29) is 47.2 Å². The molecule has 0 radical (unpaired) electrons. The minimum Gasteiger partial charge on any atom is -0.493 e. The Morgan fingerprint density at radius 1 is 0.871 bits per heavy atom. The quantitative estimate of drug-likeness (QED) is 0.0894. The summed E-state index contributed by atoms with van der Waals surface area (Å²) in [5.41, 5.74) is 5.18. The lowest BCUT2D eigenvalue weighted by Crippen LogP contribution is -2.54. The largest absolute Gasteiger partial charge is 0.493 e. The molecule has 18 heteroatoms. The number of rotatable bonds is 13. The number of anilines is 1. The van der Waals surface area contributed by atoms with Crippen molar-refractivity contribution >= 4 is 68.6 Å². The first-order valence-electron chi connectivity index (χ1n) is 23.8. The Morgan fingerprint density at radius 3 is 2.30 bits per heavy atom. The van der Waals surface area contributed by atoms with Crippen LogP contribution in [-0.4, -0.2) is 128 Å². The van der Waals surface area contributed by atoms with Crippen molar-refractivity contribution in [3.05, 3.63) is 111 Å². The first-order chi connectivity index (χ1) is 33.7. The van der Waals surface area contributed by atoms with Gasteiger partial charge in [-0.2, -0.15) is 5.10 Å². The summed E-state index contributed by atoms with van der Waals surface area (Å²) < 4.78 is 39.6. The van der Waals surface area contributed by atoms with E-state index in [0.717, 1.165) is 94.2 Å². The van der Waals surface area contributed by atoms with Gasteiger partial charge in [0.2, 0.25) is 11.8 Å². The van der Waals surface area contributed by atoms with Crippen LogP contribution in [-0.2, 0) is 29.6 Å². The van der Waals surface area contributed by atoms with Crippen molar-refractivity contribution in [3.8, 4) is 16.9 Å². The van der Waals surface area contributed by atoms with Gasteiger partial charge in [0.1, 0.15) is 29.1 Å². The molecule has 10 rings (SSSR count). The van der Waals surface area contributed by atoms with Gasteiger partial charge in [-0.25, -0.2) is 13.6 Å². The number of nitrogens with zero attached hydrogens (tertiary/aromatic N) is 7. The number of nitrogens with one attached hydrogen (secondary N) is 1. The number of carboxylic acids is 1. The number of halogens is 3. The number of amides is 4. The molecular formula is C52H53ClF2N8O7. The molecule has 3 fully saturated rings. The van der Waals surface area contributed by atoms with E-state index in [2.05, 4.69) is 15.1 Å². The van der Waals surface area contributed by atoms with Crippen molar-refractivity contribution in [1.82, 2.24) is 34.4 Å². The summed E-state index contributed by atoms with van der Waals surface area (Å²) >= 11 is 7.09. The Bertz CT molecular complexity index is 3140. The number of aryl methyl sites for hydroxylation is 3. The summed E-state index contributed by atoms with van der Waals surface area (Å²) in [6.45, 7) is 9.42. The maximum absolute atomic E-state index is 15.7. The number of carbonyl (C=O) groups is 5. The lowest BCUT2D eigenvalue weighted by Gasteiger charge is -2.43. The fraction of sp³-hybridized carbons (Fsp3) is 0.385. The van der Waals surface area contributed by atoms with Crippen LogP contribution in [0.5, 0.6) is 5.75 Å². The van der Waals surface area contributed by atoms with Crippen LogP contribution < -0.4 is 15.0 Å². The Morgan fingerprint density at radius 2 is 1.60 bits per heavy atom. The summed E-state index contributed by atoms with van der Waals surface area (Å²) in [6, 6.07) is 15.5. The van der Waals surface area contributed by atoms with E-state index < -0.39 is 41.5 Å². The third kappa shape index (κ3) is 8.46. The SMILES string of the molecule is Cc1nn(C)c(C)c1-c1c(Cl)ccc2c(CCCOc3cccc4cc(F)ccc34)c(C(=O)O)n(CCN3CCN(C4CCN(c5cc6c(cc5F)C(=O)N(C5CCC(=O)NC5=O)C6=O)CC4)CC3)c12. The summed E-state index contributed by atoms with van der Waals surface area (Å²) in [7, 11) is 1.88. The molecule has 70 heavy (non-hydrogen) atoms. The van der Waals surface area contributed by atoms with Crippen molar-refractivity contribution in [2.45, 2.75) is 71.0 Å². The number of piperazine rings is 1. The van der Waals surface area contributed by atoms with E-state index in [1.165, 1.54) is 18.2 Å². The molecule has 15 nitrogen and oxygen atoms in total. The van der Waals surface area contributed by atoms with E-state index in [0.29, 0.717) is 62.0 Å². The number of aromatic carboxylic acids is 1. The van der Waals surface area contributed by atoms with Crippen LogP contribution in [0, 0.1) is 25.5 Å². The smallest absolute Gasteiger partial charge is 0.352 e. The molecular weight excluding hydrogens is 922 g/mol. The van der Waals surface area contributed by atoms with Crippen LogP contribution >= 0.6 is 11.6 Å². The summed E-state index contributed by atoms with van der Waals surface area (Å²) in [5.74, 6) is -3.94. The minimum atomic E-state index is -1.13. The number of fused-ring (bicyclic) bond motifs is 3. The van der Waals surface area contributed by atoms with Crippen molar-refractivity contribution in [3.63, 3.8) is 0 Å². The molecule has 4 amide bonds. The second-order valence-electron chi connectivity index (χ2n) is 18.7. The summed E-state index contributed by atoms with van der Waals surface area (Å²) in [4.78, 5) is 72.0. The molecule has 6 heterocycles. The molecule has 4 aromatic carbocycles. The highest BCUT2D eigenvalue weighted by atomic mass is 35.5. The average Bonchev–Trinajstić information content (AvgIpc) is 3.89. The van der Waals surface area contributed by atoms with Gasteiger partial charge in [-0.3, -0.25) is 43.9 Å². The minimum absolute atomic E-state index is 0.00419. The molecule has 0 spiro atoms. The number of ether oxygens (including phenoxy) is 1. The van der Waals surface area contributed by atoms with Crippen LogP contribution in [0.25, 0.3) is 32.8 Å². The molecule has 3 saturated heterocycles. The molecule has 1 unspecified atom stereocenters. The number of hydrogen-bond donors (Lipinski definition) is 2. The Kier molecular flexibility index (Phi) is 12.7. The number of carboxylic acid groups (broad SMARTS) is 1. The van der Waals surface area contributed by atoms with Gasteiger partial charge in [0.05, 0.1) is 39.7 Å². The zero-order chi connectivity index (χ0) is 49.1. The molecule has 0 saturated carbocycles. The van der Waals surface area contributed by atoms with Crippen molar-refractivity contribution < 1.29 is 42.6 Å². The van der Waals surface area contributed by atoms with Gasteiger partial charge in [-0.05, 0) is 99.4 Å². The zero-order valence-corrected chi connectivity index (χ0v) is 40.0. The molecule has 6 aromatic rings. The van der Waals surface area contributed by atoms with Gasteiger partial charge in [-0.15, -0.1) is 0 Å². The average molecular weight is 975 g/mol. The lowest BCUT2D eigenvalue weighted by molar-refractivity contribution is -0.136. The van der Waals surface area contributed by atoms with Crippen molar-refractivity contribution in [2.75, 3.05) is 57.3 Å². The Labute approximate surface area is 407 Å². The van der Waals surface area contributed by atoms with Gasteiger partial charge in [-0.1, -0.05) is 29.8 Å². The highest BCUT2D eigenvalue weighted by molar-refractivity contribution is 6.35. The number of imide groups is 2. The third-order valence-corrected chi connectivity index (χ3v) is 15.1. The number of piperidine rings is 2. The number of carbonyl (C=O) groups excluding carboxylic acids is 4. The second kappa shape index (κ2) is 18.9. The van der Waals surface area contributed by atoms with Crippen LogP contribution in [0.4, 0.5) is 14.5 Å². The van der Waals surface area contributed by atoms with E-state index in [4.69, 9.17) is 21.4 Å². The molecule has 2 N–H and O–H groups in total. The van der Waals surface area contributed by atoms with Crippen LogP contribution in [0.3, 0.4) is 0 Å². The first kappa shape index (κ1) is 47.0. The van der Waals surface area contributed by atoms with Crippen molar-refractivity contribution in [2.24, 2.45) is 7.05 Å². The van der Waals surface area contributed by atoms with E-state index in [9.17, 15) is 33.5 Å².